The predicted molar refractivity (Wildman–Crippen MR) is 81.2 cm³/mol. The van der Waals surface area contributed by atoms with Gasteiger partial charge in [-0.1, -0.05) is 18.3 Å². The molecule has 0 aliphatic carbocycles. The maximum absolute atomic E-state index is 5.71. The predicted octanol–water partition coefficient (Wildman–Crippen LogP) is 3.26. The molecule has 94 valence electrons. The molecule has 1 unspecified atom stereocenters. The molecule has 5 heteroatoms. The standard InChI is InChI=1S/C13H15N3S2/c1-8-5-6-10(12(14)17)13(15-8)16-9(2)11-4-3-7-18-11/h3-7,9H,1-2H3,(H2,14,17)(H,15,16). The van der Waals surface area contributed by atoms with Gasteiger partial charge in [0.15, 0.2) is 0 Å². The van der Waals surface area contributed by atoms with Crippen molar-refractivity contribution in [2.45, 2.75) is 19.9 Å². The topological polar surface area (TPSA) is 50.9 Å². The fraction of sp³-hybridized carbons (Fsp3) is 0.231. The van der Waals surface area contributed by atoms with Gasteiger partial charge in [-0.3, -0.25) is 0 Å². The van der Waals surface area contributed by atoms with Gasteiger partial charge in [0, 0.05) is 10.6 Å². The first kappa shape index (κ1) is 13.0. The van der Waals surface area contributed by atoms with Crippen LogP contribution < -0.4 is 11.1 Å². The second-order valence-corrected chi connectivity index (χ2v) is 5.51. The second kappa shape index (κ2) is 5.46. The molecule has 2 rings (SSSR count). The van der Waals surface area contributed by atoms with E-state index in [2.05, 4.69) is 28.7 Å². The van der Waals surface area contributed by atoms with E-state index in [4.69, 9.17) is 18.0 Å². The first-order chi connectivity index (χ1) is 8.58. The Hall–Kier alpha value is -1.46. The van der Waals surface area contributed by atoms with Crippen molar-refractivity contribution in [2.75, 3.05) is 5.32 Å². The van der Waals surface area contributed by atoms with Gasteiger partial charge in [0.25, 0.3) is 0 Å². The van der Waals surface area contributed by atoms with Crippen molar-refractivity contribution in [3.8, 4) is 0 Å². The number of hydrogen-bond donors (Lipinski definition) is 2. The van der Waals surface area contributed by atoms with Crippen molar-refractivity contribution < 1.29 is 0 Å². The van der Waals surface area contributed by atoms with Gasteiger partial charge in [-0.05, 0) is 37.4 Å². The lowest BCUT2D eigenvalue weighted by molar-refractivity contribution is 0.893. The molecule has 1 atom stereocenters. The largest absolute Gasteiger partial charge is 0.389 e. The zero-order valence-corrected chi connectivity index (χ0v) is 11.9. The van der Waals surface area contributed by atoms with E-state index < -0.39 is 0 Å². The number of aryl methyl sites for hydroxylation is 1. The number of hydrogen-bond acceptors (Lipinski definition) is 4. The summed E-state index contributed by atoms with van der Waals surface area (Å²) >= 11 is 6.76. The normalized spacial score (nSPS) is 12.1. The summed E-state index contributed by atoms with van der Waals surface area (Å²) in [5.74, 6) is 0.753. The number of thiocarbonyl (C=S) groups is 1. The van der Waals surface area contributed by atoms with Crippen LogP contribution in [0.25, 0.3) is 0 Å². The van der Waals surface area contributed by atoms with Crippen LogP contribution in [0.5, 0.6) is 0 Å². The van der Waals surface area contributed by atoms with Crippen LogP contribution in [0.15, 0.2) is 29.6 Å². The average Bonchev–Trinajstić information content (AvgIpc) is 2.81. The van der Waals surface area contributed by atoms with E-state index in [1.54, 1.807) is 11.3 Å². The van der Waals surface area contributed by atoms with Crippen molar-refractivity contribution in [3.63, 3.8) is 0 Å². The lowest BCUT2D eigenvalue weighted by Gasteiger charge is -2.16. The van der Waals surface area contributed by atoms with Crippen molar-refractivity contribution in [1.82, 2.24) is 4.98 Å². The van der Waals surface area contributed by atoms with Crippen molar-refractivity contribution in [2.24, 2.45) is 5.73 Å². The zero-order valence-electron chi connectivity index (χ0n) is 10.3. The van der Waals surface area contributed by atoms with Gasteiger partial charge < -0.3 is 11.1 Å². The number of rotatable bonds is 4. The minimum atomic E-state index is 0.187. The van der Waals surface area contributed by atoms with Gasteiger partial charge in [-0.25, -0.2) is 4.98 Å². The highest BCUT2D eigenvalue weighted by Crippen LogP contribution is 2.24. The van der Waals surface area contributed by atoms with Crippen LogP contribution in [-0.4, -0.2) is 9.97 Å². The van der Waals surface area contributed by atoms with E-state index >= 15 is 0 Å². The van der Waals surface area contributed by atoms with Gasteiger partial charge >= 0.3 is 0 Å². The van der Waals surface area contributed by atoms with Gasteiger partial charge in [0.05, 0.1) is 11.6 Å². The Kier molecular flexibility index (Phi) is 3.93. The van der Waals surface area contributed by atoms with Gasteiger partial charge in [-0.2, -0.15) is 0 Å². The molecule has 2 aromatic rings. The minimum absolute atomic E-state index is 0.187. The number of nitrogens with zero attached hydrogens (tertiary/aromatic N) is 1. The second-order valence-electron chi connectivity index (χ2n) is 4.09. The van der Waals surface area contributed by atoms with Gasteiger partial charge in [-0.15, -0.1) is 11.3 Å². The van der Waals surface area contributed by atoms with E-state index in [-0.39, 0.29) is 6.04 Å². The molecular formula is C13H15N3S2. The lowest BCUT2D eigenvalue weighted by Crippen LogP contribution is -2.16. The molecule has 3 nitrogen and oxygen atoms in total. The Bertz CT molecular complexity index is 549. The third-order valence-corrected chi connectivity index (χ3v) is 3.90. The van der Waals surface area contributed by atoms with E-state index in [0.717, 1.165) is 17.1 Å². The Labute approximate surface area is 116 Å². The summed E-state index contributed by atoms with van der Waals surface area (Å²) in [6.07, 6.45) is 0. The number of nitrogens with one attached hydrogen (secondary N) is 1. The summed E-state index contributed by atoms with van der Waals surface area (Å²) in [5, 5.41) is 5.43. The number of thiophene rings is 1. The van der Waals surface area contributed by atoms with Crippen LogP contribution in [0.3, 0.4) is 0 Å². The number of nitrogens with two attached hydrogens (primary N) is 1. The highest BCUT2D eigenvalue weighted by Gasteiger charge is 2.12. The molecule has 0 aliphatic heterocycles. The van der Waals surface area contributed by atoms with Crippen molar-refractivity contribution in [3.05, 3.63) is 45.8 Å². The molecule has 18 heavy (non-hydrogen) atoms. The minimum Gasteiger partial charge on any atom is -0.389 e. The molecule has 3 N–H and O–H groups in total. The SMILES string of the molecule is Cc1ccc(C(N)=S)c(NC(C)c2cccs2)n1. The Morgan fingerprint density at radius 3 is 2.83 bits per heavy atom. The molecule has 0 spiro atoms. The first-order valence-corrected chi connectivity index (χ1v) is 6.94. The number of pyridine rings is 1. The summed E-state index contributed by atoms with van der Waals surface area (Å²) in [6, 6.07) is 8.14. The highest BCUT2D eigenvalue weighted by atomic mass is 32.1. The van der Waals surface area contributed by atoms with Gasteiger partial charge in [0.2, 0.25) is 0 Å². The van der Waals surface area contributed by atoms with Crippen LogP contribution >= 0.6 is 23.6 Å². The molecule has 0 bridgehead atoms. The quantitative estimate of drug-likeness (QED) is 0.842. The van der Waals surface area contributed by atoms with Crippen molar-refractivity contribution >= 4 is 34.4 Å². The fourth-order valence-electron chi connectivity index (χ4n) is 1.68. The van der Waals surface area contributed by atoms with Crippen LogP contribution in [-0.2, 0) is 0 Å². The molecule has 0 amide bonds. The Morgan fingerprint density at radius 1 is 1.44 bits per heavy atom. The van der Waals surface area contributed by atoms with Gasteiger partial charge in [0.1, 0.15) is 10.8 Å². The molecule has 0 fully saturated rings. The smallest absolute Gasteiger partial charge is 0.137 e. The molecule has 2 aromatic heterocycles. The summed E-state index contributed by atoms with van der Waals surface area (Å²) in [6.45, 7) is 4.05. The van der Waals surface area contributed by atoms with Crippen LogP contribution in [0.4, 0.5) is 5.82 Å². The summed E-state index contributed by atoms with van der Waals surface area (Å²) in [4.78, 5) is 6.09. The highest BCUT2D eigenvalue weighted by molar-refractivity contribution is 7.80. The van der Waals surface area contributed by atoms with Crippen molar-refractivity contribution in [1.29, 1.82) is 0 Å². The molecular weight excluding hydrogens is 262 g/mol. The lowest BCUT2D eigenvalue weighted by atomic mass is 10.2. The molecule has 0 aromatic carbocycles. The third kappa shape index (κ3) is 2.86. The summed E-state index contributed by atoms with van der Waals surface area (Å²) < 4.78 is 0. The van der Waals surface area contributed by atoms with Crippen LogP contribution in [0.1, 0.15) is 29.1 Å². The number of aromatic nitrogens is 1. The van der Waals surface area contributed by atoms with E-state index in [1.165, 1.54) is 4.88 Å². The van der Waals surface area contributed by atoms with E-state index in [0.29, 0.717) is 4.99 Å². The molecule has 0 saturated carbocycles. The molecule has 0 saturated heterocycles. The summed E-state index contributed by atoms with van der Waals surface area (Å²) in [7, 11) is 0. The summed E-state index contributed by atoms with van der Waals surface area (Å²) in [5.41, 5.74) is 7.44. The Balaban J connectivity index is 2.28. The molecule has 0 radical (unpaired) electrons. The fourth-order valence-corrected chi connectivity index (χ4v) is 2.58. The first-order valence-electron chi connectivity index (χ1n) is 5.65. The van der Waals surface area contributed by atoms with Crippen LogP contribution in [0, 0.1) is 6.92 Å². The van der Waals surface area contributed by atoms with Crippen LogP contribution in [0.2, 0.25) is 0 Å². The maximum Gasteiger partial charge on any atom is 0.137 e. The van der Waals surface area contributed by atoms with E-state index in [1.807, 2.05) is 25.1 Å². The zero-order chi connectivity index (χ0) is 13.1. The number of anilines is 1. The Morgan fingerprint density at radius 2 is 2.22 bits per heavy atom. The third-order valence-electron chi connectivity index (χ3n) is 2.62. The molecule has 2 heterocycles. The van der Waals surface area contributed by atoms with E-state index in [9.17, 15) is 0 Å². The average molecular weight is 277 g/mol. The monoisotopic (exact) mass is 277 g/mol. The molecule has 0 aliphatic rings. The maximum atomic E-state index is 5.71.